The Kier molecular flexibility index (Phi) is 6.43. The Bertz CT molecular complexity index is 232. The molecule has 1 saturated heterocycles. The van der Waals surface area contributed by atoms with Crippen LogP contribution in [0.1, 0.15) is 13.3 Å². The molecule has 1 aliphatic heterocycles. The minimum absolute atomic E-state index is 0.0345. The molecule has 1 aliphatic rings. The van der Waals surface area contributed by atoms with Gasteiger partial charge in [-0.05, 0) is 13.3 Å². The molecule has 0 aromatic rings. The van der Waals surface area contributed by atoms with Crippen molar-refractivity contribution < 1.29 is 19.4 Å². The second-order valence-electron chi connectivity index (χ2n) is 4.38. The van der Waals surface area contributed by atoms with Gasteiger partial charge in [0.05, 0.1) is 18.8 Å². The highest BCUT2D eigenvalue weighted by Gasteiger charge is 2.32. The van der Waals surface area contributed by atoms with Gasteiger partial charge in [0.25, 0.3) is 0 Å². The van der Waals surface area contributed by atoms with Crippen molar-refractivity contribution in [2.75, 3.05) is 46.1 Å². The molecule has 1 heterocycles. The standard InChI is InChI=1S/C11H22N2O4/c1-11(8-12-9-11)17-7-10(15)13-3-2-5-16-6-4-14/h12,14H,2-9H2,1H3,(H,13,15). The maximum absolute atomic E-state index is 11.4. The second-order valence-corrected chi connectivity index (χ2v) is 4.38. The molecule has 0 radical (unpaired) electrons. The van der Waals surface area contributed by atoms with Crippen LogP contribution in [-0.2, 0) is 14.3 Å². The second kappa shape index (κ2) is 7.60. The van der Waals surface area contributed by atoms with E-state index in [1.54, 1.807) is 0 Å². The van der Waals surface area contributed by atoms with E-state index >= 15 is 0 Å². The molecule has 0 aromatic carbocycles. The number of carbonyl (C=O) groups is 1. The molecule has 0 bridgehead atoms. The van der Waals surface area contributed by atoms with Gasteiger partial charge in [0, 0.05) is 26.2 Å². The van der Waals surface area contributed by atoms with Gasteiger partial charge in [0.15, 0.2) is 0 Å². The number of amides is 1. The summed E-state index contributed by atoms with van der Waals surface area (Å²) in [5, 5.41) is 14.3. The van der Waals surface area contributed by atoms with Crippen LogP contribution in [0.5, 0.6) is 0 Å². The van der Waals surface area contributed by atoms with Gasteiger partial charge < -0.3 is 25.2 Å². The fraction of sp³-hybridized carbons (Fsp3) is 0.909. The fourth-order valence-electron chi connectivity index (χ4n) is 1.44. The minimum atomic E-state index is -0.179. The van der Waals surface area contributed by atoms with Crippen LogP contribution in [-0.4, -0.2) is 62.7 Å². The summed E-state index contributed by atoms with van der Waals surface area (Å²) in [4.78, 5) is 11.4. The van der Waals surface area contributed by atoms with Crippen molar-refractivity contribution in [1.82, 2.24) is 10.6 Å². The maximum atomic E-state index is 11.4. The van der Waals surface area contributed by atoms with Gasteiger partial charge in [0.1, 0.15) is 6.61 Å². The quantitative estimate of drug-likeness (QED) is 0.449. The summed E-state index contributed by atoms with van der Waals surface area (Å²) < 4.78 is 10.5. The largest absolute Gasteiger partial charge is 0.394 e. The SMILES string of the molecule is CC1(OCC(=O)NCCCOCCO)CNC1. The third-order valence-electron chi connectivity index (χ3n) is 2.57. The number of ether oxygens (including phenoxy) is 2. The van der Waals surface area contributed by atoms with Gasteiger partial charge in [-0.1, -0.05) is 0 Å². The predicted octanol–water partition coefficient (Wildman–Crippen LogP) is -1.12. The third-order valence-corrected chi connectivity index (χ3v) is 2.57. The van der Waals surface area contributed by atoms with E-state index in [9.17, 15) is 4.79 Å². The summed E-state index contributed by atoms with van der Waals surface area (Å²) in [5.41, 5.74) is -0.179. The van der Waals surface area contributed by atoms with Crippen LogP contribution in [0.4, 0.5) is 0 Å². The lowest BCUT2D eigenvalue weighted by molar-refractivity contribution is -0.135. The Morgan fingerprint density at radius 2 is 2.24 bits per heavy atom. The highest BCUT2D eigenvalue weighted by molar-refractivity contribution is 5.77. The number of hydrogen-bond acceptors (Lipinski definition) is 5. The first-order valence-electron chi connectivity index (χ1n) is 5.96. The normalized spacial score (nSPS) is 17.5. The fourth-order valence-corrected chi connectivity index (χ4v) is 1.44. The Labute approximate surface area is 102 Å². The van der Waals surface area contributed by atoms with Crippen molar-refractivity contribution in [2.45, 2.75) is 18.9 Å². The number of carbonyl (C=O) groups excluding carboxylic acids is 1. The monoisotopic (exact) mass is 246 g/mol. The maximum Gasteiger partial charge on any atom is 0.246 e. The van der Waals surface area contributed by atoms with Gasteiger partial charge >= 0.3 is 0 Å². The molecule has 100 valence electrons. The molecule has 0 unspecified atom stereocenters. The Balaban J connectivity index is 1.90. The molecule has 0 atom stereocenters. The Hall–Kier alpha value is -0.690. The number of rotatable bonds is 9. The minimum Gasteiger partial charge on any atom is -0.394 e. The lowest BCUT2D eigenvalue weighted by atomic mass is 10.0. The average Bonchev–Trinajstić information content (AvgIpc) is 2.28. The van der Waals surface area contributed by atoms with Crippen LogP contribution in [0.15, 0.2) is 0 Å². The molecule has 17 heavy (non-hydrogen) atoms. The molecule has 6 nitrogen and oxygen atoms in total. The molecule has 1 amide bonds. The lowest BCUT2D eigenvalue weighted by Gasteiger charge is -2.38. The zero-order valence-corrected chi connectivity index (χ0v) is 10.3. The summed E-state index contributed by atoms with van der Waals surface area (Å²) in [7, 11) is 0. The van der Waals surface area contributed by atoms with Gasteiger partial charge in [-0.2, -0.15) is 0 Å². The molecule has 0 saturated carbocycles. The van der Waals surface area contributed by atoms with E-state index in [-0.39, 0.29) is 24.7 Å². The van der Waals surface area contributed by atoms with Crippen LogP contribution >= 0.6 is 0 Å². The van der Waals surface area contributed by atoms with Crippen LogP contribution in [0.2, 0.25) is 0 Å². The van der Waals surface area contributed by atoms with Gasteiger partial charge in [0.2, 0.25) is 5.91 Å². The molecular formula is C11H22N2O4. The molecule has 0 aromatic heterocycles. The topological polar surface area (TPSA) is 79.8 Å². The highest BCUT2D eigenvalue weighted by atomic mass is 16.5. The van der Waals surface area contributed by atoms with Crippen LogP contribution in [0, 0.1) is 0 Å². The number of nitrogens with one attached hydrogen (secondary N) is 2. The van der Waals surface area contributed by atoms with Gasteiger partial charge in [-0.15, -0.1) is 0 Å². The van der Waals surface area contributed by atoms with E-state index in [4.69, 9.17) is 14.6 Å². The Morgan fingerprint density at radius 1 is 1.47 bits per heavy atom. The van der Waals surface area contributed by atoms with Crippen LogP contribution < -0.4 is 10.6 Å². The van der Waals surface area contributed by atoms with Gasteiger partial charge in [-0.3, -0.25) is 4.79 Å². The van der Waals surface area contributed by atoms with E-state index in [0.29, 0.717) is 19.8 Å². The lowest BCUT2D eigenvalue weighted by Crippen LogP contribution is -2.59. The molecule has 0 spiro atoms. The zero-order chi connectivity index (χ0) is 12.6. The molecule has 1 rings (SSSR count). The van der Waals surface area contributed by atoms with Crippen LogP contribution in [0.25, 0.3) is 0 Å². The number of aliphatic hydroxyl groups is 1. The smallest absolute Gasteiger partial charge is 0.246 e. The average molecular weight is 246 g/mol. The molecular weight excluding hydrogens is 224 g/mol. The predicted molar refractivity (Wildman–Crippen MR) is 62.8 cm³/mol. The Morgan fingerprint density at radius 3 is 2.82 bits per heavy atom. The van der Waals surface area contributed by atoms with E-state index in [1.807, 2.05) is 6.92 Å². The third kappa shape index (κ3) is 5.97. The molecule has 6 heteroatoms. The van der Waals surface area contributed by atoms with E-state index < -0.39 is 0 Å². The zero-order valence-electron chi connectivity index (χ0n) is 10.3. The first-order chi connectivity index (χ1) is 8.16. The van der Waals surface area contributed by atoms with Crippen molar-refractivity contribution in [1.29, 1.82) is 0 Å². The van der Waals surface area contributed by atoms with Crippen LogP contribution in [0.3, 0.4) is 0 Å². The summed E-state index contributed by atoms with van der Waals surface area (Å²) in [6.45, 7) is 5.20. The molecule has 0 aliphatic carbocycles. The van der Waals surface area contributed by atoms with E-state index in [2.05, 4.69) is 10.6 Å². The van der Waals surface area contributed by atoms with Crippen molar-refractivity contribution in [3.63, 3.8) is 0 Å². The van der Waals surface area contributed by atoms with E-state index in [1.165, 1.54) is 0 Å². The number of aliphatic hydroxyl groups excluding tert-OH is 1. The summed E-state index contributed by atoms with van der Waals surface area (Å²) in [6.07, 6.45) is 0.741. The summed E-state index contributed by atoms with van der Waals surface area (Å²) in [5.74, 6) is -0.0970. The summed E-state index contributed by atoms with van der Waals surface area (Å²) >= 11 is 0. The van der Waals surface area contributed by atoms with Crippen molar-refractivity contribution >= 4 is 5.91 Å². The number of hydrogen-bond donors (Lipinski definition) is 3. The first-order valence-corrected chi connectivity index (χ1v) is 5.96. The highest BCUT2D eigenvalue weighted by Crippen LogP contribution is 2.14. The van der Waals surface area contributed by atoms with Crippen molar-refractivity contribution in [3.8, 4) is 0 Å². The first kappa shape index (κ1) is 14.4. The van der Waals surface area contributed by atoms with E-state index in [0.717, 1.165) is 19.5 Å². The summed E-state index contributed by atoms with van der Waals surface area (Å²) in [6, 6.07) is 0. The molecule has 3 N–H and O–H groups in total. The van der Waals surface area contributed by atoms with Crippen molar-refractivity contribution in [3.05, 3.63) is 0 Å². The van der Waals surface area contributed by atoms with Crippen molar-refractivity contribution in [2.24, 2.45) is 0 Å². The van der Waals surface area contributed by atoms with Gasteiger partial charge in [-0.25, -0.2) is 0 Å². The molecule has 1 fully saturated rings.